The lowest BCUT2D eigenvalue weighted by Crippen LogP contribution is -2.47. The summed E-state index contributed by atoms with van der Waals surface area (Å²) in [7, 11) is 0. The van der Waals surface area contributed by atoms with E-state index in [1.807, 2.05) is 19.9 Å². The lowest BCUT2D eigenvalue weighted by Gasteiger charge is -2.36. The standard InChI is InChI=1S/C12H18N2O2/c1-8-6-9(2)14-10(8)11(15)13-7-12(16)4-3-5-12/h6,14,16H,3-5,7H2,1-2H3,(H,13,15). The van der Waals surface area contributed by atoms with Gasteiger partial charge in [-0.05, 0) is 44.7 Å². The van der Waals surface area contributed by atoms with Gasteiger partial charge in [0.2, 0.25) is 0 Å². The van der Waals surface area contributed by atoms with Crippen LogP contribution in [0.3, 0.4) is 0 Å². The van der Waals surface area contributed by atoms with Crippen LogP contribution in [0.2, 0.25) is 0 Å². The van der Waals surface area contributed by atoms with Crippen LogP contribution in [0.1, 0.15) is 41.0 Å². The fourth-order valence-electron chi connectivity index (χ4n) is 2.06. The summed E-state index contributed by atoms with van der Waals surface area (Å²) < 4.78 is 0. The molecule has 0 aromatic carbocycles. The van der Waals surface area contributed by atoms with Crippen molar-refractivity contribution in [3.05, 3.63) is 23.0 Å². The fraction of sp³-hybridized carbons (Fsp3) is 0.583. The van der Waals surface area contributed by atoms with Crippen molar-refractivity contribution >= 4 is 5.91 Å². The lowest BCUT2D eigenvalue weighted by atomic mass is 9.80. The number of hydrogen-bond donors (Lipinski definition) is 3. The zero-order chi connectivity index (χ0) is 11.8. The maximum atomic E-state index is 11.8. The third-order valence-corrected chi connectivity index (χ3v) is 3.24. The molecule has 0 unspecified atom stereocenters. The molecule has 2 rings (SSSR count). The van der Waals surface area contributed by atoms with Gasteiger partial charge in [-0.25, -0.2) is 0 Å². The maximum Gasteiger partial charge on any atom is 0.268 e. The molecule has 0 saturated heterocycles. The second-order valence-corrected chi connectivity index (χ2v) is 4.77. The van der Waals surface area contributed by atoms with Crippen molar-refractivity contribution < 1.29 is 9.90 Å². The number of aliphatic hydroxyl groups is 1. The van der Waals surface area contributed by atoms with E-state index >= 15 is 0 Å². The number of amides is 1. The SMILES string of the molecule is Cc1cc(C)c(C(=O)NCC2(O)CCC2)[nH]1. The number of nitrogens with one attached hydrogen (secondary N) is 2. The minimum atomic E-state index is -0.662. The third-order valence-electron chi connectivity index (χ3n) is 3.24. The second kappa shape index (κ2) is 3.94. The maximum absolute atomic E-state index is 11.8. The molecule has 88 valence electrons. The van der Waals surface area contributed by atoms with Gasteiger partial charge >= 0.3 is 0 Å². The van der Waals surface area contributed by atoms with E-state index in [-0.39, 0.29) is 5.91 Å². The number of rotatable bonds is 3. The van der Waals surface area contributed by atoms with Gasteiger partial charge in [-0.2, -0.15) is 0 Å². The summed E-state index contributed by atoms with van der Waals surface area (Å²) in [4.78, 5) is 14.8. The molecule has 0 radical (unpaired) electrons. The molecule has 3 N–H and O–H groups in total. The highest BCUT2D eigenvalue weighted by molar-refractivity contribution is 5.94. The highest BCUT2D eigenvalue weighted by Crippen LogP contribution is 2.30. The number of aryl methyl sites for hydroxylation is 2. The van der Waals surface area contributed by atoms with Crippen LogP contribution in [0.25, 0.3) is 0 Å². The molecule has 4 heteroatoms. The Morgan fingerprint density at radius 3 is 2.69 bits per heavy atom. The third kappa shape index (κ3) is 2.11. The Balaban J connectivity index is 1.95. The molecule has 0 bridgehead atoms. The van der Waals surface area contributed by atoms with Gasteiger partial charge in [0.25, 0.3) is 5.91 Å². The van der Waals surface area contributed by atoms with Gasteiger partial charge in [0.1, 0.15) is 5.69 Å². The molecule has 1 aliphatic carbocycles. The van der Waals surface area contributed by atoms with E-state index in [0.29, 0.717) is 12.2 Å². The summed E-state index contributed by atoms with van der Waals surface area (Å²) in [5, 5.41) is 12.6. The van der Waals surface area contributed by atoms with Crippen molar-refractivity contribution in [1.29, 1.82) is 0 Å². The normalized spacial score (nSPS) is 17.9. The monoisotopic (exact) mass is 222 g/mol. The summed E-state index contributed by atoms with van der Waals surface area (Å²) in [6, 6.07) is 1.94. The van der Waals surface area contributed by atoms with Crippen LogP contribution in [0.5, 0.6) is 0 Å². The van der Waals surface area contributed by atoms with Crippen LogP contribution < -0.4 is 5.32 Å². The summed E-state index contributed by atoms with van der Waals surface area (Å²) in [5.74, 6) is -0.133. The van der Waals surface area contributed by atoms with Crippen LogP contribution in [-0.2, 0) is 0 Å². The number of aromatic amines is 1. The molecule has 1 saturated carbocycles. The van der Waals surface area contributed by atoms with Crippen LogP contribution >= 0.6 is 0 Å². The molecule has 0 aliphatic heterocycles. The van der Waals surface area contributed by atoms with Crippen molar-refractivity contribution in [2.24, 2.45) is 0 Å². The van der Waals surface area contributed by atoms with Crippen molar-refractivity contribution in [2.75, 3.05) is 6.54 Å². The molecule has 0 spiro atoms. The number of carbonyl (C=O) groups is 1. The average molecular weight is 222 g/mol. The van der Waals surface area contributed by atoms with E-state index in [0.717, 1.165) is 30.5 Å². The molecule has 1 heterocycles. The van der Waals surface area contributed by atoms with E-state index in [2.05, 4.69) is 10.3 Å². The summed E-state index contributed by atoms with van der Waals surface area (Å²) in [6.07, 6.45) is 2.62. The number of H-pyrrole nitrogens is 1. The minimum Gasteiger partial charge on any atom is -0.388 e. The van der Waals surface area contributed by atoms with Crippen molar-refractivity contribution in [2.45, 2.75) is 38.7 Å². The Hall–Kier alpha value is -1.29. The molecule has 1 aliphatic rings. The predicted molar refractivity (Wildman–Crippen MR) is 61.4 cm³/mol. The van der Waals surface area contributed by atoms with E-state index in [9.17, 15) is 9.90 Å². The molecule has 1 fully saturated rings. The summed E-state index contributed by atoms with van der Waals surface area (Å²) >= 11 is 0. The van der Waals surface area contributed by atoms with Gasteiger partial charge in [0.15, 0.2) is 0 Å². The first-order valence-electron chi connectivity index (χ1n) is 5.67. The largest absolute Gasteiger partial charge is 0.388 e. The summed E-state index contributed by atoms with van der Waals surface area (Å²) in [6.45, 7) is 4.17. The fourth-order valence-corrected chi connectivity index (χ4v) is 2.06. The van der Waals surface area contributed by atoms with Crippen molar-refractivity contribution in [1.82, 2.24) is 10.3 Å². The molecule has 1 amide bonds. The Kier molecular flexibility index (Phi) is 2.76. The highest BCUT2D eigenvalue weighted by Gasteiger charge is 2.34. The topological polar surface area (TPSA) is 65.1 Å². The molecule has 1 aromatic rings. The van der Waals surface area contributed by atoms with Crippen molar-refractivity contribution in [3.63, 3.8) is 0 Å². The Bertz CT molecular complexity index is 405. The van der Waals surface area contributed by atoms with Crippen molar-refractivity contribution in [3.8, 4) is 0 Å². The molecule has 0 atom stereocenters. The van der Waals surface area contributed by atoms with Gasteiger partial charge < -0.3 is 15.4 Å². The first-order valence-corrected chi connectivity index (χ1v) is 5.67. The highest BCUT2D eigenvalue weighted by atomic mass is 16.3. The smallest absolute Gasteiger partial charge is 0.268 e. The van der Waals surface area contributed by atoms with E-state index in [1.165, 1.54) is 0 Å². The lowest BCUT2D eigenvalue weighted by molar-refractivity contribution is -0.0300. The Morgan fingerprint density at radius 2 is 2.25 bits per heavy atom. The van der Waals surface area contributed by atoms with E-state index < -0.39 is 5.60 Å². The zero-order valence-corrected chi connectivity index (χ0v) is 9.76. The van der Waals surface area contributed by atoms with Crippen LogP contribution in [0, 0.1) is 13.8 Å². The van der Waals surface area contributed by atoms with Gasteiger partial charge in [-0.3, -0.25) is 4.79 Å². The van der Waals surface area contributed by atoms with Gasteiger partial charge in [-0.1, -0.05) is 0 Å². The minimum absolute atomic E-state index is 0.133. The number of carbonyl (C=O) groups excluding carboxylic acids is 1. The zero-order valence-electron chi connectivity index (χ0n) is 9.76. The first-order chi connectivity index (χ1) is 7.50. The van der Waals surface area contributed by atoms with Crippen LogP contribution in [-0.4, -0.2) is 28.1 Å². The van der Waals surface area contributed by atoms with Gasteiger partial charge in [0.05, 0.1) is 5.60 Å². The van der Waals surface area contributed by atoms with E-state index in [1.54, 1.807) is 0 Å². The second-order valence-electron chi connectivity index (χ2n) is 4.77. The Morgan fingerprint density at radius 1 is 1.56 bits per heavy atom. The van der Waals surface area contributed by atoms with Gasteiger partial charge in [-0.15, -0.1) is 0 Å². The Labute approximate surface area is 95.1 Å². The number of hydrogen-bond acceptors (Lipinski definition) is 2. The van der Waals surface area contributed by atoms with Crippen LogP contribution in [0.4, 0.5) is 0 Å². The average Bonchev–Trinajstić information content (AvgIpc) is 2.51. The molecule has 4 nitrogen and oxygen atoms in total. The van der Waals surface area contributed by atoms with E-state index in [4.69, 9.17) is 0 Å². The van der Waals surface area contributed by atoms with Crippen LogP contribution in [0.15, 0.2) is 6.07 Å². The summed E-state index contributed by atoms with van der Waals surface area (Å²) in [5.41, 5.74) is 1.85. The molecule has 1 aromatic heterocycles. The quantitative estimate of drug-likeness (QED) is 0.721. The molecule has 16 heavy (non-hydrogen) atoms. The molecular formula is C12H18N2O2. The predicted octanol–water partition coefficient (Wildman–Crippen LogP) is 1.28. The molecular weight excluding hydrogens is 204 g/mol. The first kappa shape index (κ1) is 11.2. The number of aromatic nitrogens is 1. The van der Waals surface area contributed by atoms with Gasteiger partial charge in [0, 0.05) is 12.2 Å².